The van der Waals surface area contributed by atoms with E-state index in [-0.39, 0.29) is 0 Å². The van der Waals surface area contributed by atoms with Crippen LogP contribution in [-0.2, 0) is 0 Å². The summed E-state index contributed by atoms with van der Waals surface area (Å²) in [6, 6.07) is 10.6. The number of nitrogens with one attached hydrogen (secondary N) is 1. The quantitative estimate of drug-likeness (QED) is 0.875. The molecule has 0 bridgehead atoms. The molecule has 3 rings (SSSR count). The second-order valence-electron chi connectivity index (χ2n) is 4.44. The molecule has 2 aromatic rings. The van der Waals surface area contributed by atoms with Gasteiger partial charge in [-0.3, -0.25) is 4.98 Å². The third-order valence-corrected chi connectivity index (χ3v) is 3.20. The molecule has 1 aromatic carbocycles. The number of para-hydroxylation sites is 1. The Hall–Kier alpha value is -1.61. The lowest BCUT2D eigenvalue weighted by Crippen LogP contribution is -2.28. The van der Waals surface area contributed by atoms with Crippen molar-refractivity contribution in [1.29, 1.82) is 0 Å². The summed E-state index contributed by atoms with van der Waals surface area (Å²) in [5.74, 6) is 0.886. The first-order chi connectivity index (χ1) is 8.43. The Morgan fingerprint density at radius 1 is 1.29 bits per heavy atom. The highest BCUT2D eigenvalue weighted by molar-refractivity contribution is 5.84. The first-order valence-corrected chi connectivity index (χ1v) is 6.13. The predicted molar refractivity (Wildman–Crippen MR) is 68.3 cm³/mol. The molecule has 0 amide bonds. The Morgan fingerprint density at radius 2 is 2.24 bits per heavy atom. The molecule has 2 heterocycles. The van der Waals surface area contributed by atoms with Crippen molar-refractivity contribution in [2.45, 2.75) is 18.9 Å². The van der Waals surface area contributed by atoms with E-state index in [1.807, 2.05) is 24.4 Å². The summed E-state index contributed by atoms with van der Waals surface area (Å²) in [6.45, 7) is 1.84. The largest absolute Gasteiger partial charge is 0.490 e. The molecule has 0 spiro atoms. The van der Waals surface area contributed by atoms with Gasteiger partial charge in [0.15, 0.2) is 0 Å². The van der Waals surface area contributed by atoms with Crippen molar-refractivity contribution in [1.82, 2.24) is 10.3 Å². The van der Waals surface area contributed by atoms with Crippen LogP contribution in [0.3, 0.4) is 0 Å². The molecule has 1 fully saturated rings. The highest BCUT2D eigenvalue weighted by Crippen LogP contribution is 2.23. The molecule has 1 aliphatic heterocycles. The van der Waals surface area contributed by atoms with Gasteiger partial charge in [-0.2, -0.15) is 0 Å². The maximum atomic E-state index is 5.88. The summed E-state index contributed by atoms with van der Waals surface area (Å²) in [6.07, 6.45) is 4.27. The van der Waals surface area contributed by atoms with E-state index in [1.165, 1.54) is 12.8 Å². The SMILES string of the molecule is c1cnc2c(OC[C@@H]3CCCN3)cccc2c1. The fraction of sp³-hybridized carbons (Fsp3) is 0.357. The minimum absolute atomic E-state index is 0.494. The van der Waals surface area contributed by atoms with Gasteiger partial charge >= 0.3 is 0 Å². The smallest absolute Gasteiger partial charge is 0.145 e. The first-order valence-electron chi connectivity index (χ1n) is 6.13. The second-order valence-corrected chi connectivity index (χ2v) is 4.44. The molecule has 0 saturated carbocycles. The number of fused-ring (bicyclic) bond motifs is 1. The van der Waals surface area contributed by atoms with Crippen LogP contribution in [0.15, 0.2) is 36.5 Å². The molecule has 1 N–H and O–H groups in total. The topological polar surface area (TPSA) is 34.1 Å². The van der Waals surface area contributed by atoms with Crippen LogP contribution in [0.5, 0.6) is 5.75 Å². The van der Waals surface area contributed by atoms with E-state index in [4.69, 9.17) is 4.74 Å². The second kappa shape index (κ2) is 4.72. The Labute approximate surface area is 101 Å². The van der Waals surface area contributed by atoms with Gasteiger partial charge in [-0.1, -0.05) is 18.2 Å². The van der Waals surface area contributed by atoms with Crippen molar-refractivity contribution in [3.8, 4) is 5.75 Å². The van der Waals surface area contributed by atoms with Crippen molar-refractivity contribution in [3.05, 3.63) is 36.5 Å². The average Bonchev–Trinajstić information content (AvgIpc) is 2.89. The fourth-order valence-corrected chi connectivity index (χ4v) is 2.28. The van der Waals surface area contributed by atoms with Gasteiger partial charge in [0, 0.05) is 17.6 Å². The predicted octanol–water partition coefficient (Wildman–Crippen LogP) is 2.37. The third-order valence-electron chi connectivity index (χ3n) is 3.20. The minimum Gasteiger partial charge on any atom is -0.490 e. The van der Waals surface area contributed by atoms with Gasteiger partial charge in [-0.25, -0.2) is 0 Å². The van der Waals surface area contributed by atoms with Crippen LogP contribution in [-0.4, -0.2) is 24.2 Å². The number of pyridine rings is 1. The van der Waals surface area contributed by atoms with E-state index in [9.17, 15) is 0 Å². The number of rotatable bonds is 3. The number of hydrogen-bond acceptors (Lipinski definition) is 3. The van der Waals surface area contributed by atoms with Gasteiger partial charge in [-0.05, 0) is 31.5 Å². The van der Waals surface area contributed by atoms with Crippen LogP contribution in [0.25, 0.3) is 10.9 Å². The highest BCUT2D eigenvalue weighted by atomic mass is 16.5. The van der Waals surface area contributed by atoms with Crippen LogP contribution in [0.1, 0.15) is 12.8 Å². The van der Waals surface area contributed by atoms with E-state index in [2.05, 4.69) is 22.4 Å². The van der Waals surface area contributed by atoms with E-state index in [0.29, 0.717) is 6.04 Å². The Kier molecular flexibility index (Phi) is 2.92. The van der Waals surface area contributed by atoms with Crippen molar-refractivity contribution in [3.63, 3.8) is 0 Å². The standard InChI is InChI=1S/C14H16N2O/c1-4-11-5-2-9-16-14(11)13(7-1)17-10-12-6-3-8-15-12/h1-2,4-5,7,9,12,15H,3,6,8,10H2/t12-/m0/s1. The highest BCUT2D eigenvalue weighted by Gasteiger charge is 2.14. The molecular formula is C14H16N2O. The Balaban J connectivity index is 1.79. The van der Waals surface area contributed by atoms with E-state index in [0.717, 1.165) is 29.8 Å². The Bertz CT molecular complexity index is 501. The van der Waals surface area contributed by atoms with E-state index < -0.39 is 0 Å². The van der Waals surface area contributed by atoms with Gasteiger partial charge in [-0.15, -0.1) is 0 Å². The van der Waals surface area contributed by atoms with Gasteiger partial charge in [0.1, 0.15) is 17.9 Å². The van der Waals surface area contributed by atoms with Gasteiger partial charge < -0.3 is 10.1 Å². The molecule has 1 aliphatic rings. The molecule has 17 heavy (non-hydrogen) atoms. The zero-order chi connectivity index (χ0) is 11.5. The van der Waals surface area contributed by atoms with E-state index in [1.54, 1.807) is 0 Å². The number of aromatic nitrogens is 1. The maximum Gasteiger partial charge on any atom is 0.145 e. The molecular weight excluding hydrogens is 212 g/mol. The lowest BCUT2D eigenvalue weighted by Gasteiger charge is -2.13. The van der Waals surface area contributed by atoms with Gasteiger partial charge in [0.05, 0.1) is 0 Å². The van der Waals surface area contributed by atoms with Crippen molar-refractivity contribution in [2.24, 2.45) is 0 Å². The molecule has 0 radical (unpaired) electrons. The summed E-state index contributed by atoms with van der Waals surface area (Å²) >= 11 is 0. The summed E-state index contributed by atoms with van der Waals surface area (Å²) in [5, 5.41) is 4.56. The molecule has 0 unspecified atom stereocenters. The van der Waals surface area contributed by atoms with Crippen LogP contribution in [0.2, 0.25) is 0 Å². The van der Waals surface area contributed by atoms with E-state index >= 15 is 0 Å². The Morgan fingerprint density at radius 3 is 3.12 bits per heavy atom. The normalized spacial score (nSPS) is 19.6. The maximum absolute atomic E-state index is 5.88. The number of benzene rings is 1. The van der Waals surface area contributed by atoms with Gasteiger partial charge in [0.25, 0.3) is 0 Å². The number of ether oxygens (including phenoxy) is 1. The van der Waals surface area contributed by atoms with Gasteiger partial charge in [0.2, 0.25) is 0 Å². The number of nitrogens with zero attached hydrogens (tertiary/aromatic N) is 1. The third kappa shape index (κ3) is 2.24. The zero-order valence-electron chi connectivity index (χ0n) is 9.73. The van der Waals surface area contributed by atoms with Crippen LogP contribution in [0, 0.1) is 0 Å². The number of hydrogen-bond donors (Lipinski definition) is 1. The lowest BCUT2D eigenvalue weighted by molar-refractivity contribution is 0.280. The minimum atomic E-state index is 0.494. The van der Waals surface area contributed by atoms with Crippen LogP contribution < -0.4 is 10.1 Å². The van der Waals surface area contributed by atoms with Crippen molar-refractivity contribution >= 4 is 10.9 Å². The van der Waals surface area contributed by atoms with Crippen molar-refractivity contribution < 1.29 is 4.74 Å². The lowest BCUT2D eigenvalue weighted by atomic mass is 10.2. The molecule has 3 heteroatoms. The summed E-state index contributed by atoms with van der Waals surface area (Å²) in [5.41, 5.74) is 0.952. The summed E-state index contributed by atoms with van der Waals surface area (Å²) < 4.78 is 5.88. The first kappa shape index (κ1) is 10.5. The molecule has 0 aliphatic carbocycles. The summed E-state index contributed by atoms with van der Waals surface area (Å²) in [7, 11) is 0. The molecule has 88 valence electrons. The van der Waals surface area contributed by atoms with Crippen LogP contribution in [0.4, 0.5) is 0 Å². The molecule has 1 saturated heterocycles. The molecule has 1 aromatic heterocycles. The molecule has 1 atom stereocenters. The average molecular weight is 228 g/mol. The zero-order valence-corrected chi connectivity index (χ0v) is 9.73. The van der Waals surface area contributed by atoms with Crippen LogP contribution >= 0.6 is 0 Å². The van der Waals surface area contributed by atoms with Crippen molar-refractivity contribution in [2.75, 3.05) is 13.2 Å². The fourth-order valence-electron chi connectivity index (χ4n) is 2.28. The summed E-state index contributed by atoms with van der Waals surface area (Å²) in [4.78, 5) is 4.38. The molecule has 3 nitrogen and oxygen atoms in total. The monoisotopic (exact) mass is 228 g/mol.